The first kappa shape index (κ1) is 33.7. The first-order chi connectivity index (χ1) is 20.4. The minimum atomic E-state index is -4.29. The molecule has 0 saturated heterocycles. The van der Waals surface area contributed by atoms with Gasteiger partial charge >= 0.3 is 0 Å². The molecule has 0 saturated carbocycles. The fraction of sp³-hybridized carbons (Fsp3) is 0.375. The summed E-state index contributed by atoms with van der Waals surface area (Å²) in [5.41, 5.74) is 1.62. The number of hydrogen-bond donors (Lipinski definition) is 1. The number of carbonyl (C=O) groups is 2. The van der Waals surface area contributed by atoms with E-state index in [1.54, 1.807) is 55.5 Å². The predicted molar refractivity (Wildman–Crippen MR) is 169 cm³/mol. The quantitative estimate of drug-likeness (QED) is 0.255. The normalized spacial score (nSPS) is 12.0. The predicted octanol–water partition coefficient (Wildman–Crippen LogP) is 5.44. The van der Waals surface area contributed by atoms with Gasteiger partial charge in [-0.1, -0.05) is 68.3 Å². The van der Waals surface area contributed by atoms with E-state index in [1.165, 1.54) is 37.3 Å². The van der Waals surface area contributed by atoms with Gasteiger partial charge in [0.25, 0.3) is 10.0 Å². The fourth-order valence-corrected chi connectivity index (χ4v) is 6.11. The number of halogens is 1. The van der Waals surface area contributed by atoms with Gasteiger partial charge in [-0.2, -0.15) is 0 Å². The van der Waals surface area contributed by atoms with Crippen molar-refractivity contribution in [3.8, 4) is 11.5 Å². The smallest absolute Gasteiger partial charge is 0.264 e. The molecule has 0 aliphatic carbocycles. The lowest BCUT2D eigenvalue weighted by atomic mass is 10.1. The highest BCUT2D eigenvalue weighted by Gasteiger charge is 2.35. The summed E-state index contributed by atoms with van der Waals surface area (Å²) in [6, 6.07) is 17.2. The molecule has 3 aromatic rings. The summed E-state index contributed by atoms with van der Waals surface area (Å²) in [7, 11) is -1.41. The number of methoxy groups -OCH3 is 2. The number of hydrogen-bond acceptors (Lipinski definition) is 6. The van der Waals surface area contributed by atoms with Gasteiger partial charge in [0, 0.05) is 24.2 Å². The average molecular weight is 630 g/mol. The van der Waals surface area contributed by atoms with E-state index in [2.05, 4.69) is 5.32 Å². The van der Waals surface area contributed by atoms with Crippen molar-refractivity contribution in [3.05, 3.63) is 82.9 Å². The summed E-state index contributed by atoms with van der Waals surface area (Å²) in [6.07, 6.45) is 0.299. The number of sulfonamides is 1. The molecule has 1 atom stereocenters. The molecule has 0 bridgehead atoms. The van der Waals surface area contributed by atoms with Crippen molar-refractivity contribution in [3.63, 3.8) is 0 Å². The fourth-order valence-electron chi connectivity index (χ4n) is 4.49. The van der Waals surface area contributed by atoms with Gasteiger partial charge in [-0.25, -0.2) is 8.42 Å². The van der Waals surface area contributed by atoms with E-state index in [0.717, 1.165) is 9.87 Å². The lowest BCUT2D eigenvalue weighted by Gasteiger charge is -2.34. The third-order valence-electron chi connectivity index (χ3n) is 6.91. The van der Waals surface area contributed by atoms with Crippen LogP contribution in [-0.2, 0) is 26.2 Å². The van der Waals surface area contributed by atoms with E-state index < -0.39 is 28.5 Å². The van der Waals surface area contributed by atoms with Crippen molar-refractivity contribution in [2.24, 2.45) is 5.92 Å². The van der Waals surface area contributed by atoms with Crippen molar-refractivity contribution in [1.29, 1.82) is 0 Å². The molecule has 0 spiro atoms. The number of anilines is 1. The van der Waals surface area contributed by atoms with Crippen LogP contribution < -0.4 is 19.1 Å². The molecule has 9 nitrogen and oxygen atoms in total. The topological polar surface area (TPSA) is 105 Å². The minimum Gasteiger partial charge on any atom is -0.497 e. The molecule has 232 valence electrons. The van der Waals surface area contributed by atoms with Crippen LogP contribution in [0.5, 0.6) is 11.5 Å². The van der Waals surface area contributed by atoms with Crippen molar-refractivity contribution in [1.82, 2.24) is 10.2 Å². The highest BCUT2D eigenvalue weighted by atomic mass is 35.5. The maximum atomic E-state index is 14.3. The third kappa shape index (κ3) is 8.42. The Morgan fingerprint density at radius 3 is 2.23 bits per heavy atom. The number of nitrogens with one attached hydrogen (secondary N) is 1. The standard InChI is InChI=1S/C32H40ClN3O6S/c1-7-28(32(38)34-19-22(2)3)35(20-24-10-8-9-11-27(24)33)31(37)21-36(29-18-25(41-5)14-17-30(29)42-6)43(39,40)26-15-12-23(4)13-16-26/h8-18,22,28H,7,19-21H2,1-6H3,(H,34,38)/t28-/m0/s1. The van der Waals surface area contributed by atoms with E-state index in [9.17, 15) is 18.0 Å². The third-order valence-corrected chi connectivity index (χ3v) is 9.05. The summed E-state index contributed by atoms with van der Waals surface area (Å²) < 4.78 is 40.3. The Hall–Kier alpha value is -3.76. The zero-order chi connectivity index (χ0) is 31.7. The number of nitrogens with zero attached hydrogens (tertiary/aromatic N) is 2. The van der Waals surface area contributed by atoms with Crippen LogP contribution in [0, 0.1) is 12.8 Å². The van der Waals surface area contributed by atoms with E-state index in [4.69, 9.17) is 21.1 Å². The molecule has 2 amide bonds. The number of benzene rings is 3. The molecule has 0 aliphatic heterocycles. The van der Waals surface area contributed by atoms with Crippen molar-refractivity contribution >= 4 is 39.1 Å². The second-order valence-corrected chi connectivity index (χ2v) is 12.8. The Balaban J connectivity index is 2.15. The Labute approximate surface area is 259 Å². The van der Waals surface area contributed by atoms with Crippen LogP contribution in [0.1, 0.15) is 38.3 Å². The summed E-state index contributed by atoms with van der Waals surface area (Å²) in [4.78, 5) is 29.1. The van der Waals surface area contributed by atoms with Gasteiger partial charge in [0.15, 0.2) is 0 Å². The molecule has 0 unspecified atom stereocenters. The molecule has 0 aliphatic rings. The van der Waals surface area contributed by atoms with Crippen LogP contribution in [0.3, 0.4) is 0 Å². The molecular weight excluding hydrogens is 590 g/mol. The lowest BCUT2D eigenvalue weighted by Crippen LogP contribution is -2.52. The molecule has 0 aromatic heterocycles. The molecule has 3 aromatic carbocycles. The van der Waals surface area contributed by atoms with Crippen molar-refractivity contribution in [2.75, 3.05) is 31.6 Å². The number of rotatable bonds is 14. The van der Waals surface area contributed by atoms with Gasteiger partial charge < -0.3 is 19.7 Å². The molecular formula is C32H40ClN3O6S. The van der Waals surface area contributed by atoms with E-state index >= 15 is 0 Å². The summed E-state index contributed by atoms with van der Waals surface area (Å²) in [5, 5.41) is 3.34. The molecule has 3 rings (SSSR count). The molecule has 0 fully saturated rings. The molecule has 0 heterocycles. The lowest BCUT2D eigenvalue weighted by molar-refractivity contribution is -0.140. The van der Waals surface area contributed by atoms with E-state index in [1.807, 2.05) is 20.8 Å². The van der Waals surface area contributed by atoms with Gasteiger partial charge in [0.1, 0.15) is 24.1 Å². The Bertz CT molecular complexity index is 1510. The van der Waals surface area contributed by atoms with E-state index in [-0.39, 0.29) is 34.7 Å². The highest BCUT2D eigenvalue weighted by molar-refractivity contribution is 7.92. The number of aryl methyl sites for hydroxylation is 1. The van der Waals surface area contributed by atoms with Crippen molar-refractivity contribution < 1.29 is 27.5 Å². The Kier molecular flexibility index (Phi) is 11.9. The van der Waals surface area contributed by atoms with Gasteiger partial charge in [-0.05, 0) is 55.2 Å². The molecule has 43 heavy (non-hydrogen) atoms. The van der Waals surface area contributed by atoms with Crippen LogP contribution >= 0.6 is 11.6 Å². The number of ether oxygens (including phenoxy) is 2. The summed E-state index contributed by atoms with van der Waals surface area (Å²) >= 11 is 6.47. The summed E-state index contributed by atoms with van der Waals surface area (Å²) in [5.74, 6) is -0.121. The van der Waals surface area contributed by atoms with Gasteiger partial charge in [0.2, 0.25) is 11.8 Å². The Morgan fingerprint density at radius 2 is 1.65 bits per heavy atom. The van der Waals surface area contributed by atoms with Gasteiger partial charge in [0.05, 0.1) is 24.8 Å². The zero-order valence-electron chi connectivity index (χ0n) is 25.5. The van der Waals surface area contributed by atoms with Crippen LogP contribution in [0.4, 0.5) is 5.69 Å². The van der Waals surface area contributed by atoms with E-state index in [0.29, 0.717) is 29.3 Å². The Morgan fingerprint density at radius 1 is 0.977 bits per heavy atom. The SMILES string of the molecule is CC[C@@H](C(=O)NCC(C)C)N(Cc1ccccc1Cl)C(=O)CN(c1cc(OC)ccc1OC)S(=O)(=O)c1ccc(C)cc1. The molecule has 1 N–H and O–H groups in total. The monoisotopic (exact) mass is 629 g/mol. The second-order valence-electron chi connectivity index (χ2n) is 10.5. The summed E-state index contributed by atoms with van der Waals surface area (Å²) in [6.45, 7) is 7.42. The second kappa shape index (κ2) is 15.1. The minimum absolute atomic E-state index is 0.000221. The first-order valence-corrected chi connectivity index (χ1v) is 15.9. The van der Waals surface area contributed by atoms with Crippen molar-refractivity contribution in [2.45, 2.75) is 51.6 Å². The number of carbonyl (C=O) groups excluding carboxylic acids is 2. The first-order valence-electron chi connectivity index (χ1n) is 14.0. The van der Waals surface area contributed by atoms with Gasteiger partial charge in [-0.15, -0.1) is 0 Å². The maximum Gasteiger partial charge on any atom is 0.264 e. The maximum absolute atomic E-state index is 14.3. The molecule has 11 heteroatoms. The zero-order valence-corrected chi connectivity index (χ0v) is 27.0. The largest absolute Gasteiger partial charge is 0.497 e. The average Bonchev–Trinajstić information content (AvgIpc) is 2.99. The van der Waals surface area contributed by atoms with Crippen LogP contribution in [0.2, 0.25) is 5.02 Å². The van der Waals surface area contributed by atoms with Gasteiger partial charge in [-0.3, -0.25) is 13.9 Å². The van der Waals surface area contributed by atoms with Crippen LogP contribution in [0.25, 0.3) is 0 Å². The number of amides is 2. The van der Waals surface area contributed by atoms with Crippen LogP contribution in [-0.4, -0.2) is 58.5 Å². The highest BCUT2D eigenvalue weighted by Crippen LogP contribution is 2.36. The van der Waals surface area contributed by atoms with Crippen LogP contribution in [0.15, 0.2) is 71.6 Å². The molecule has 0 radical (unpaired) electrons.